The van der Waals surface area contributed by atoms with E-state index in [1.807, 2.05) is 0 Å². The molecule has 0 heterocycles. The summed E-state index contributed by atoms with van der Waals surface area (Å²) in [4.78, 5) is 14.7. The zero-order valence-corrected chi connectivity index (χ0v) is 14.3. The van der Waals surface area contributed by atoms with E-state index in [1.54, 1.807) is 0 Å². The number of nitrogens with two attached hydrogens (primary N) is 1. The number of rotatable bonds is 11. The van der Waals surface area contributed by atoms with Crippen molar-refractivity contribution in [1.29, 1.82) is 0 Å². The second-order valence-corrected chi connectivity index (χ2v) is 6.30. The molecule has 1 unspecified atom stereocenters. The Balaban J connectivity index is 4.53. The SMILES string of the molecule is CCC(CCN)CCC(=O)N(CC(C)C)C(CC)CC. The van der Waals surface area contributed by atoms with Crippen molar-refractivity contribution in [3.63, 3.8) is 0 Å². The van der Waals surface area contributed by atoms with Crippen LogP contribution in [0.3, 0.4) is 0 Å². The molecule has 2 N–H and O–H groups in total. The van der Waals surface area contributed by atoms with Gasteiger partial charge in [-0.15, -0.1) is 0 Å². The van der Waals surface area contributed by atoms with Crippen LogP contribution in [-0.2, 0) is 4.79 Å². The Morgan fingerprint density at radius 3 is 2.05 bits per heavy atom. The number of nitrogens with zero attached hydrogens (tertiary/aromatic N) is 1. The van der Waals surface area contributed by atoms with Gasteiger partial charge in [0.2, 0.25) is 5.91 Å². The molecule has 20 heavy (non-hydrogen) atoms. The van der Waals surface area contributed by atoms with Gasteiger partial charge in [-0.2, -0.15) is 0 Å². The molecule has 0 aromatic rings. The highest BCUT2D eigenvalue weighted by atomic mass is 16.2. The fourth-order valence-corrected chi connectivity index (χ4v) is 2.84. The van der Waals surface area contributed by atoms with E-state index in [0.717, 1.165) is 45.2 Å². The topological polar surface area (TPSA) is 46.3 Å². The number of amides is 1. The molecule has 0 spiro atoms. The zero-order valence-electron chi connectivity index (χ0n) is 14.3. The normalized spacial score (nSPS) is 13.0. The van der Waals surface area contributed by atoms with E-state index >= 15 is 0 Å². The lowest BCUT2D eigenvalue weighted by Crippen LogP contribution is -2.42. The number of hydrogen-bond donors (Lipinski definition) is 1. The molecular formula is C17H36N2O. The van der Waals surface area contributed by atoms with Gasteiger partial charge in [-0.3, -0.25) is 4.79 Å². The average Bonchev–Trinajstić information content (AvgIpc) is 2.42. The Labute approximate surface area is 126 Å². The summed E-state index contributed by atoms with van der Waals surface area (Å²) in [5.74, 6) is 1.47. The molecule has 0 aliphatic heterocycles. The largest absolute Gasteiger partial charge is 0.339 e. The maximum absolute atomic E-state index is 12.6. The predicted molar refractivity (Wildman–Crippen MR) is 87.6 cm³/mol. The minimum atomic E-state index is 0.336. The first kappa shape index (κ1) is 19.4. The molecule has 0 aliphatic rings. The molecule has 120 valence electrons. The van der Waals surface area contributed by atoms with Gasteiger partial charge < -0.3 is 10.6 Å². The van der Waals surface area contributed by atoms with Gasteiger partial charge in [0.1, 0.15) is 0 Å². The second-order valence-electron chi connectivity index (χ2n) is 6.30. The molecule has 0 radical (unpaired) electrons. The van der Waals surface area contributed by atoms with Gasteiger partial charge >= 0.3 is 0 Å². The van der Waals surface area contributed by atoms with E-state index in [9.17, 15) is 4.79 Å². The van der Waals surface area contributed by atoms with Crippen LogP contribution < -0.4 is 5.73 Å². The highest BCUT2D eigenvalue weighted by Crippen LogP contribution is 2.18. The third kappa shape index (κ3) is 7.28. The highest BCUT2D eigenvalue weighted by Gasteiger charge is 2.22. The molecule has 0 bridgehead atoms. The van der Waals surface area contributed by atoms with Crippen LogP contribution >= 0.6 is 0 Å². The monoisotopic (exact) mass is 284 g/mol. The maximum Gasteiger partial charge on any atom is 0.222 e. The minimum absolute atomic E-state index is 0.336. The van der Waals surface area contributed by atoms with Crippen molar-refractivity contribution < 1.29 is 4.79 Å². The summed E-state index contributed by atoms with van der Waals surface area (Å²) < 4.78 is 0. The molecule has 0 saturated carbocycles. The molecule has 0 saturated heterocycles. The van der Waals surface area contributed by atoms with Crippen molar-refractivity contribution >= 4 is 5.91 Å². The van der Waals surface area contributed by atoms with Crippen LogP contribution in [0.1, 0.15) is 73.1 Å². The van der Waals surface area contributed by atoms with Gasteiger partial charge in [-0.1, -0.05) is 41.0 Å². The molecule has 3 nitrogen and oxygen atoms in total. The summed E-state index contributed by atoms with van der Waals surface area (Å²) in [7, 11) is 0. The second kappa shape index (κ2) is 11.1. The summed E-state index contributed by atoms with van der Waals surface area (Å²) in [5, 5.41) is 0. The summed E-state index contributed by atoms with van der Waals surface area (Å²) in [6.07, 6.45) is 5.94. The quantitative estimate of drug-likeness (QED) is 0.627. The maximum atomic E-state index is 12.6. The molecule has 1 amide bonds. The van der Waals surface area contributed by atoms with E-state index in [4.69, 9.17) is 5.73 Å². The first-order valence-electron chi connectivity index (χ1n) is 8.49. The summed E-state index contributed by atoms with van der Waals surface area (Å²) in [5.41, 5.74) is 5.63. The van der Waals surface area contributed by atoms with Crippen molar-refractivity contribution in [2.45, 2.75) is 79.2 Å². The van der Waals surface area contributed by atoms with Crippen LogP contribution in [0.2, 0.25) is 0 Å². The van der Waals surface area contributed by atoms with E-state index in [2.05, 4.69) is 39.5 Å². The van der Waals surface area contributed by atoms with E-state index in [0.29, 0.717) is 30.2 Å². The van der Waals surface area contributed by atoms with Gasteiger partial charge in [-0.25, -0.2) is 0 Å². The van der Waals surface area contributed by atoms with E-state index in [-0.39, 0.29) is 0 Å². The lowest BCUT2D eigenvalue weighted by molar-refractivity contribution is -0.134. The fourth-order valence-electron chi connectivity index (χ4n) is 2.84. The number of carbonyl (C=O) groups is 1. The van der Waals surface area contributed by atoms with Crippen LogP contribution in [0.4, 0.5) is 0 Å². The van der Waals surface area contributed by atoms with Crippen LogP contribution in [-0.4, -0.2) is 29.9 Å². The Kier molecular flexibility index (Phi) is 10.8. The Hall–Kier alpha value is -0.570. The first-order chi connectivity index (χ1) is 9.49. The Morgan fingerprint density at radius 1 is 1.05 bits per heavy atom. The average molecular weight is 284 g/mol. The third-order valence-electron chi connectivity index (χ3n) is 4.18. The predicted octanol–water partition coefficient (Wildman–Crippen LogP) is 3.81. The lowest BCUT2D eigenvalue weighted by atomic mass is 9.96. The molecular weight excluding hydrogens is 248 g/mol. The van der Waals surface area contributed by atoms with Crippen LogP contribution in [0.5, 0.6) is 0 Å². The Morgan fingerprint density at radius 2 is 1.65 bits per heavy atom. The summed E-state index contributed by atoms with van der Waals surface area (Å²) in [6, 6.07) is 0.402. The van der Waals surface area contributed by atoms with Gasteiger partial charge in [0.05, 0.1) is 0 Å². The van der Waals surface area contributed by atoms with Crippen LogP contribution in [0, 0.1) is 11.8 Å². The molecule has 1 atom stereocenters. The van der Waals surface area contributed by atoms with Crippen molar-refractivity contribution in [1.82, 2.24) is 4.90 Å². The van der Waals surface area contributed by atoms with Crippen molar-refractivity contribution in [3.8, 4) is 0 Å². The smallest absolute Gasteiger partial charge is 0.222 e. The van der Waals surface area contributed by atoms with Gasteiger partial charge in [-0.05, 0) is 44.1 Å². The molecule has 0 aromatic carbocycles. The minimum Gasteiger partial charge on any atom is -0.339 e. The molecule has 0 rings (SSSR count). The molecule has 0 aliphatic carbocycles. The molecule has 0 fully saturated rings. The first-order valence-corrected chi connectivity index (χ1v) is 8.49. The van der Waals surface area contributed by atoms with Crippen molar-refractivity contribution in [2.75, 3.05) is 13.1 Å². The fraction of sp³-hybridized carbons (Fsp3) is 0.941. The van der Waals surface area contributed by atoms with Crippen molar-refractivity contribution in [3.05, 3.63) is 0 Å². The number of hydrogen-bond acceptors (Lipinski definition) is 2. The highest BCUT2D eigenvalue weighted by molar-refractivity contribution is 5.76. The zero-order chi connectivity index (χ0) is 15.5. The van der Waals surface area contributed by atoms with Gasteiger partial charge in [0.15, 0.2) is 0 Å². The molecule has 0 aromatic heterocycles. The van der Waals surface area contributed by atoms with E-state index in [1.165, 1.54) is 0 Å². The number of carbonyl (C=O) groups excluding carboxylic acids is 1. The Bertz CT molecular complexity index is 249. The summed E-state index contributed by atoms with van der Waals surface area (Å²) >= 11 is 0. The van der Waals surface area contributed by atoms with Crippen molar-refractivity contribution in [2.24, 2.45) is 17.6 Å². The molecule has 3 heteroatoms. The van der Waals surface area contributed by atoms with Gasteiger partial charge in [0.25, 0.3) is 0 Å². The lowest BCUT2D eigenvalue weighted by Gasteiger charge is -2.32. The van der Waals surface area contributed by atoms with E-state index < -0.39 is 0 Å². The third-order valence-corrected chi connectivity index (χ3v) is 4.18. The summed E-state index contributed by atoms with van der Waals surface area (Å²) in [6.45, 7) is 12.5. The van der Waals surface area contributed by atoms with Crippen LogP contribution in [0.15, 0.2) is 0 Å². The van der Waals surface area contributed by atoms with Gasteiger partial charge in [0, 0.05) is 19.0 Å². The van der Waals surface area contributed by atoms with Crippen LogP contribution in [0.25, 0.3) is 0 Å². The standard InChI is InChI=1S/C17H36N2O/c1-6-15(11-12-18)9-10-17(20)19(13-14(4)5)16(7-2)8-3/h14-16H,6-13,18H2,1-5H3.